The minimum atomic E-state index is 0.0270. The third-order valence-electron chi connectivity index (χ3n) is 13.8. The van der Waals surface area contributed by atoms with Gasteiger partial charge in [-0.15, -0.1) is 0 Å². The average Bonchev–Trinajstić information content (AvgIpc) is 3.45. The second-order valence-corrected chi connectivity index (χ2v) is 19.8. The third-order valence-corrected chi connectivity index (χ3v) is 13.8. The number of hydrogen-bond donors (Lipinski definition) is 5. The summed E-state index contributed by atoms with van der Waals surface area (Å²) in [6, 6.07) is 0. The van der Waals surface area contributed by atoms with E-state index in [2.05, 4.69) is 66.2 Å². The SMILES string of the molecule is CCCCCC1(NC(C)=O)CCCCCC1.CCCCCC1(NC(C)=O)CCN(C)CC1.CCCCCC1(NC(C)=O)CCNCC1.CCCCCC1(NC(C)=O)CCOCC1. The maximum absolute atomic E-state index is 11.4. The Bertz CT molecular complexity index is 1140. The van der Waals surface area contributed by atoms with Crippen LogP contribution in [0.15, 0.2) is 0 Å². The van der Waals surface area contributed by atoms with Crippen molar-refractivity contribution < 1.29 is 23.9 Å². The summed E-state index contributed by atoms with van der Waals surface area (Å²) in [5, 5.41) is 16.1. The molecule has 1 saturated carbocycles. The summed E-state index contributed by atoms with van der Waals surface area (Å²) < 4.78 is 5.36. The Balaban J connectivity index is 0.000000414. The van der Waals surface area contributed by atoms with Crippen molar-refractivity contribution in [1.29, 1.82) is 0 Å². The molecule has 4 amide bonds. The summed E-state index contributed by atoms with van der Waals surface area (Å²) in [5.74, 6) is 0.487. The van der Waals surface area contributed by atoms with Crippen LogP contribution >= 0.6 is 0 Å². The second kappa shape index (κ2) is 33.3. The molecule has 0 spiro atoms. The van der Waals surface area contributed by atoms with Crippen molar-refractivity contribution in [3.8, 4) is 0 Å². The molecule has 3 heterocycles. The Kier molecular flexibility index (Phi) is 31.0. The third kappa shape index (κ3) is 25.9. The molecule has 0 aromatic carbocycles. The van der Waals surface area contributed by atoms with Gasteiger partial charge in [-0.05, 0) is 97.2 Å². The molecular formula is C51H100N6O5. The fourth-order valence-corrected chi connectivity index (χ4v) is 10.2. The molecule has 0 aromatic rings. The Morgan fingerprint density at radius 1 is 0.452 bits per heavy atom. The number of amides is 4. The van der Waals surface area contributed by atoms with Gasteiger partial charge in [-0.1, -0.05) is 130 Å². The van der Waals surface area contributed by atoms with Crippen LogP contribution in [-0.4, -0.2) is 97.1 Å². The summed E-state index contributed by atoms with van der Waals surface area (Å²) in [6.45, 7) is 21.3. The van der Waals surface area contributed by atoms with Crippen LogP contribution in [0.25, 0.3) is 0 Å². The van der Waals surface area contributed by atoms with E-state index in [9.17, 15) is 19.2 Å². The highest BCUT2D eigenvalue weighted by molar-refractivity contribution is 5.75. The molecule has 0 radical (unpaired) electrons. The van der Waals surface area contributed by atoms with Gasteiger partial charge in [0.05, 0.1) is 0 Å². The van der Waals surface area contributed by atoms with Crippen molar-refractivity contribution in [2.24, 2.45) is 0 Å². The molecule has 0 unspecified atom stereocenters. The van der Waals surface area contributed by atoms with Crippen LogP contribution in [0.5, 0.6) is 0 Å². The van der Waals surface area contributed by atoms with E-state index in [0.29, 0.717) is 0 Å². The van der Waals surface area contributed by atoms with Crippen LogP contribution in [-0.2, 0) is 23.9 Å². The van der Waals surface area contributed by atoms with Gasteiger partial charge < -0.3 is 36.2 Å². The van der Waals surface area contributed by atoms with E-state index in [1.165, 1.54) is 122 Å². The Morgan fingerprint density at radius 2 is 0.758 bits per heavy atom. The lowest BCUT2D eigenvalue weighted by Gasteiger charge is -2.41. The van der Waals surface area contributed by atoms with Gasteiger partial charge >= 0.3 is 0 Å². The summed E-state index contributed by atoms with van der Waals surface area (Å²) in [4.78, 5) is 47.4. The number of piperidine rings is 2. The Morgan fingerprint density at radius 3 is 1.08 bits per heavy atom. The molecule has 0 bridgehead atoms. The highest BCUT2D eigenvalue weighted by atomic mass is 16.5. The van der Waals surface area contributed by atoms with Crippen molar-refractivity contribution in [2.45, 2.75) is 257 Å². The lowest BCUT2D eigenvalue weighted by atomic mass is 9.82. The zero-order valence-electron chi connectivity index (χ0n) is 42.0. The first kappa shape index (κ1) is 57.8. The van der Waals surface area contributed by atoms with Gasteiger partial charge in [-0.2, -0.15) is 0 Å². The molecule has 62 heavy (non-hydrogen) atoms. The minimum absolute atomic E-state index is 0.0270. The number of rotatable bonds is 20. The van der Waals surface area contributed by atoms with E-state index >= 15 is 0 Å². The summed E-state index contributed by atoms with van der Waals surface area (Å²) >= 11 is 0. The lowest BCUT2D eigenvalue weighted by molar-refractivity contribution is -0.123. The number of nitrogens with one attached hydrogen (secondary N) is 5. The smallest absolute Gasteiger partial charge is 0.217 e. The molecule has 5 N–H and O–H groups in total. The first-order chi connectivity index (χ1) is 29.6. The van der Waals surface area contributed by atoms with E-state index < -0.39 is 0 Å². The molecule has 364 valence electrons. The van der Waals surface area contributed by atoms with E-state index in [4.69, 9.17) is 4.74 Å². The number of unbranched alkanes of at least 4 members (excludes halogenated alkanes) is 8. The number of nitrogens with zero attached hydrogens (tertiary/aromatic N) is 1. The first-order valence-electron chi connectivity index (χ1n) is 25.8. The molecule has 11 nitrogen and oxygen atoms in total. The van der Waals surface area contributed by atoms with Gasteiger partial charge in [0.1, 0.15) is 0 Å². The number of hydrogen-bond acceptors (Lipinski definition) is 7. The Hall–Kier alpha value is -2.24. The second-order valence-electron chi connectivity index (χ2n) is 19.8. The highest BCUT2D eigenvalue weighted by Crippen LogP contribution is 2.32. The van der Waals surface area contributed by atoms with Crippen molar-refractivity contribution in [3.05, 3.63) is 0 Å². The first-order valence-corrected chi connectivity index (χ1v) is 25.8. The predicted octanol–water partition coefficient (Wildman–Crippen LogP) is 10.0. The molecule has 11 heteroatoms. The normalized spacial score (nSPS) is 20.1. The number of ether oxygens (including phenoxy) is 1. The fraction of sp³-hybridized carbons (Fsp3) is 0.922. The van der Waals surface area contributed by atoms with E-state index in [0.717, 1.165) is 97.2 Å². The van der Waals surface area contributed by atoms with Gasteiger partial charge in [-0.25, -0.2) is 0 Å². The van der Waals surface area contributed by atoms with E-state index in [1.54, 1.807) is 27.7 Å². The maximum atomic E-state index is 11.4. The molecule has 3 saturated heterocycles. The molecule has 4 fully saturated rings. The zero-order chi connectivity index (χ0) is 46.2. The standard InChI is InChI=1S/C14H27NO.C13H26N2O.C12H24N2O.C12H23NO2/c1-3-4-7-10-14(15-13(2)16)11-8-5-6-9-12-14;1-4-5-6-7-13(14-12(2)16)8-10-15(3)11-9-13;1-3-4-5-6-12(14-11(2)15)7-9-13-10-8-12;1-3-4-5-6-12(13-11(2)14)7-9-15-10-8-12/h3-12H2,1-2H3,(H,15,16);4-11H2,1-3H3,(H,14,16);13H,3-10H2,1-2H3,(H,14,15);3-10H2,1-2H3,(H,13,14). The molecule has 1 aliphatic carbocycles. The van der Waals surface area contributed by atoms with Crippen LogP contribution in [0.3, 0.4) is 0 Å². The molecule has 0 aromatic heterocycles. The number of likely N-dealkylation sites (tertiary alicyclic amines) is 1. The summed E-state index contributed by atoms with van der Waals surface area (Å²) in [6.07, 6.45) is 33.5. The van der Waals surface area contributed by atoms with Gasteiger partial charge in [0.25, 0.3) is 0 Å². The largest absolute Gasteiger partial charge is 0.381 e. The van der Waals surface area contributed by atoms with Gasteiger partial charge in [-0.3, -0.25) is 19.2 Å². The van der Waals surface area contributed by atoms with Gasteiger partial charge in [0.2, 0.25) is 23.6 Å². The summed E-state index contributed by atoms with van der Waals surface area (Å²) in [5.41, 5.74) is 0.344. The highest BCUT2D eigenvalue weighted by Gasteiger charge is 2.35. The van der Waals surface area contributed by atoms with Crippen LogP contribution in [0.4, 0.5) is 0 Å². The van der Waals surface area contributed by atoms with E-state index in [1.807, 2.05) is 0 Å². The quantitative estimate of drug-likeness (QED) is 0.0606. The molecule has 3 aliphatic heterocycles. The maximum Gasteiger partial charge on any atom is 0.217 e. The average molecular weight is 877 g/mol. The zero-order valence-corrected chi connectivity index (χ0v) is 42.0. The van der Waals surface area contributed by atoms with Gasteiger partial charge in [0, 0.05) is 76.2 Å². The Labute approximate surface area is 381 Å². The monoisotopic (exact) mass is 877 g/mol. The number of carbonyl (C=O) groups excluding carboxylic acids is 4. The van der Waals surface area contributed by atoms with Crippen LogP contribution in [0, 0.1) is 0 Å². The number of carbonyl (C=O) groups is 4. The van der Waals surface area contributed by atoms with Crippen molar-refractivity contribution in [1.82, 2.24) is 31.5 Å². The lowest BCUT2D eigenvalue weighted by Crippen LogP contribution is -2.54. The molecule has 0 atom stereocenters. The van der Waals surface area contributed by atoms with Gasteiger partial charge in [0.15, 0.2) is 0 Å². The predicted molar refractivity (Wildman–Crippen MR) is 259 cm³/mol. The van der Waals surface area contributed by atoms with Crippen LogP contribution in [0.2, 0.25) is 0 Å². The van der Waals surface area contributed by atoms with Crippen molar-refractivity contribution >= 4 is 23.6 Å². The summed E-state index contributed by atoms with van der Waals surface area (Å²) in [7, 11) is 2.16. The molecule has 4 aliphatic rings. The van der Waals surface area contributed by atoms with E-state index in [-0.39, 0.29) is 45.8 Å². The minimum Gasteiger partial charge on any atom is -0.381 e. The molecule has 4 rings (SSSR count). The van der Waals surface area contributed by atoms with Crippen molar-refractivity contribution in [3.63, 3.8) is 0 Å². The van der Waals surface area contributed by atoms with Crippen molar-refractivity contribution in [2.75, 3.05) is 46.4 Å². The van der Waals surface area contributed by atoms with Crippen LogP contribution < -0.4 is 26.6 Å². The molecular weight excluding hydrogens is 777 g/mol. The van der Waals surface area contributed by atoms with Crippen LogP contribution in [0.1, 0.15) is 235 Å². The topological polar surface area (TPSA) is 141 Å². The fourth-order valence-electron chi connectivity index (χ4n) is 10.2.